The van der Waals surface area contributed by atoms with Crippen LogP contribution in [0.1, 0.15) is 36.2 Å². The first-order valence-electron chi connectivity index (χ1n) is 6.18. The Kier molecular flexibility index (Phi) is 5.94. The van der Waals surface area contributed by atoms with E-state index in [9.17, 15) is 4.79 Å². The number of hydrogen-bond acceptors (Lipinski definition) is 2. The van der Waals surface area contributed by atoms with Crippen molar-refractivity contribution in [1.82, 2.24) is 4.90 Å². The van der Waals surface area contributed by atoms with Crippen LogP contribution in [0.5, 0.6) is 0 Å². The van der Waals surface area contributed by atoms with E-state index in [0.717, 1.165) is 10.0 Å². The molecule has 0 heterocycles. The Morgan fingerprint density at radius 3 is 2.58 bits per heavy atom. The van der Waals surface area contributed by atoms with Crippen LogP contribution >= 0.6 is 28.1 Å². The second kappa shape index (κ2) is 7.01. The van der Waals surface area contributed by atoms with Gasteiger partial charge in [-0.2, -0.15) is 0 Å². The van der Waals surface area contributed by atoms with E-state index in [0.29, 0.717) is 23.5 Å². The number of carbonyl (C=O) groups is 1. The quantitative estimate of drug-likeness (QED) is 0.835. The second-order valence-electron chi connectivity index (χ2n) is 4.77. The van der Waals surface area contributed by atoms with E-state index in [-0.39, 0.29) is 11.9 Å². The first-order valence-corrected chi connectivity index (χ1v) is 7.38. The van der Waals surface area contributed by atoms with E-state index in [1.165, 1.54) is 0 Å². The molecule has 1 amide bonds. The standard InChI is InChI=1S/C14H19BrN2OS/c1-9(2)17(7-6-13(16)19)14(18)11-5-4-10(3)12(15)8-11/h4-5,8-9H,6-7H2,1-3H3,(H2,16,19). The SMILES string of the molecule is Cc1ccc(C(=O)N(CCC(N)=S)C(C)C)cc1Br. The molecule has 19 heavy (non-hydrogen) atoms. The van der Waals surface area contributed by atoms with Gasteiger partial charge in [0.1, 0.15) is 0 Å². The maximum atomic E-state index is 12.5. The summed E-state index contributed by atoms with van der Waals surface area (Å²) in [5, 5.41) is 0. The number of nitrogens with zero attached hydrogens (tertiary/aromatic N) is 1. The third-order valence-corrected chi connectivity index (χ3v) is 3.96. The molecule has 1 aromatic carbocycles. The normalized spacial score (nSPS) is 10.6. The molecule has 5 heteroatoms. The zero-order valence-corrected chi connectivity index (χ0v) is 13.8. The molecule has 0 spiro atoms. The average Bonchev–Trinajstić information content (AvgIpc) is 2.31. The lowest BCUT2D eigenvalue weighted by molar-refractivity contribution is 0.0711. The molecular formula is C14H19BrN2OS. The summed E-state index contributed by atoms with van der Waals surface area (Å²) in [7, 11) is 0. The number of halogens is 1. The molecule has 2 N–H and O–H groups in total. The van der Waals surface area contributed by atoms with Crippen LogP contribution in [-0.4, -0.2) is 28.4 Å². The largest absolute Gasteiger partial charge is 0.393 e. The first kappa shape index (κ1) is 16.1. The van der Waals surface area contributed by atoms with Gasteiger partial charge in [0.2, 0.25) is 0 Å². The molecule has 1 rings (SSSR count). The van der Waals surface area contributed by atoms with E-state index in [1.807, 2.05) is 39.0 Å². The van der Waals surface area contributed by atoms with Gasteiger partial charge in [0.25, 0.3) is 5.91 Å². The molecule has 3 nitrogen and oxygen atoms in total. The Bertz CT molecular complexity index is 488. The van der Waals surface area contributed by atoms with Gasteiger partial charge in [-0.05, 0) is 38.5 Å². The molecule has 1 aromatic rings. The highest BCUT2D eigenvalue weighted by atomic mass is 79.9. The van der Waals surface area contributed by atoms with Gasteiger partial charge in [0, 0.05) is 29.0 Å². The van der Waals surface area contributed by atoms with Crippen LogP contribution in [0.4, 0.5) is 0 Å². The van der Waals surface area contributed by atoms with Crippen LogP contribution in [-0.2, 0) is 0 Å². The third-order valence-electron chi connectivity index (χ3n) is 2.90. The first-order chi connectivity index (χ1) is 8.82. The number of carbonyl (C=O) groups excluding carboxylic acids is 1. The summed E-state index contributed by atoms with van der Waals surface area (Å²) < 4.78 is 0.941. The van der Waals surface area contributed by atoms with Crippen LogP contribution in [0.15, 0.2) is 22.7 Å². The Morgan fingerprint density at radius 1 is 1.47 bits per heavy atom. The average molecular weight is 343 g/mol. The fourth-order valence-electron chi connectivity index (χ4n) is 1.72. The van der Waals surface area contributed by atoms with Gasteiger partial charge < -0.3 is 10.6 Å². The molecule has 0 saturated heterocycles. The minimum atomic E-state index is 0.00644. The summed E-state index contributed by atoms with van der Waals surface area (Å²) in [5.74, 6) is 0.00644. The lowest BCUT2D eigenvalue weighted by Gasteiger charge is -2.27. The number of thiocarbonyl (C=S) groups is 1. The van der Waals surface area contributed by atoms with Crippen LogP contribution in [0.3, 0.4) is 0 Å². The summed E-state index contributed by atoms with van der Waals surface area (Å²) in [6.45, 7) is 6.52. The number of hydrogen-bond donors (Lipinski definition) is 1. The summed E-state index contributed by atoms with van der Waals surface area (Å²) in [5.41, 5.74) is 7.29. The topological polar surface area (TPSA) is 46.3 Å². The predicted molar refractivity (Wildman–Crippen MR) is 86.5 cm³/mol. The lowest BCUT2D eigenvalue weighted by atomic mass is 10.1. The molecular weight excluding hydrogens is 324 g/mol. The Labute approximate surface area is 128 Å². The summed E-state index contributed by atoms with van der Waals surface area (Å²) in [6, 6.07) is 5.75. The van der Waals surface area contributed by atoms with E-state index >= 15 is 0 Å². The maximum absolute atomic E-state index is 12.5. The zero-order chi connectivity index (χ0) is 14.6. The van der Waals surface area contributed by atoms with Gasteiger partial charge in [-0.3, -0.25) is 4.79 Å². The number of benzene rings is 1. The molecule has 0 bridgehead atoms. The van der Waals surface area contributed by atoms with Crippen molar-refractivity contribution in [2.45, 2.75) is 33.2 Å². The van der Waals surface area contributed by atoms with Crippen molar-refractivity contribution in [3.05, 3.63) is 33.8 Å². The number of nitrogens with two attached hydrogens (primary N) is 1. The molecule has 0 fully saturated rings. The molecule has 0 atom stereocenters. The Balaban J connectivity index is 2.92. The van der Waals surface area contributed by atoms with E-state index in [4.69, 9.17) is 18.0 Å². The summed E-state index contributed by atoms with van der Waals surface area (Å²) >= 11 is 8.33. The van der Waals surface area contributed by atoms with E-state index < -0.39 is 0 Å². The molecule has 0 aliphatic rings. The molecule has 104 valence electrons. The number of amides is 1. The van der Waals surface area contributed by atoms with Gasteiger partial charge in [-0.1, -0.05) is 34.2 Å². The van der Waals surface area contributed by atoms with Crippen molar-refractivity contribution in [1.29, 1.82) is 0 Å². The van der Waals surface area contributed by atoms with Gasteiger partial charge in [0.05, 0.1) is 4.99 Å². The molecule has 0 aliphatic heterocycles. The van der Waals surface area contributed by atoms with Crippen molar-refractivity contribution in [3.63, 3.8) is 0 Å². The zero-order valence-electron chi connectivity index (χ0n) is 11.4. The highest BCUT2D eigenvalue weighted by Crippen LogP contribution is 2.19. The van der Waals surface area contributed by atoms with E-state index in [1.54, 1.807) is 4.90 Å². The second-order valence-corrected chi connectivity index (χ2v) is 6.15. The van der Waals surface area contributed by atoms with Crippen LogP contribution < -0.4 is 5.73 Å². The van der Waals surface area contributed by atoms with Crippen LogP contribution in [0.2, 0.25) is 0 Å². The fourth-order valence-corrected chi connectivity index (χ4v) is 2.19. The monoisotopic (exact) mass is 342 g/mol. The van der Waals surface area contributed by atoms with Crippen molar-refractivity contribution in [2.24, 2.45) is 5.73 Å². The molecule has 0 saturated carbocycles. The Morgan fingerprint density at radius 2 is 2.11 bits per heavy atom. The highest BCUT2D eigenvalue weighted by molar-refractivity contribution is 9.10. The maximum Gasteiger partial charge on any atom is 0.254 e. The molecule has 0 aromatic heterocycles. The van der Waals surface area contributed by atoms with Gasteiger partial charge in [-0.25, -0.2) is 0 Å². The van der Waals surface area contributed by atoms with E-state index in [2.05, 4.69) is 15.9 Å². The van der Waals surface area contributed by atoms with Gasteiger partial charge in [-0.15, -0.1) is 0 Å². The lowest BCUT2D eigenvalue weighted by Crippen LogP contribution is -2.39. The van der Waals surface area contributed by atoms with Crippen LogP contribution in [0.25, 0.3) is 0 Å². The predicted octanol–water partition coefficient (Wildman–Crippen LogP) is 3.28. The number of aryl methyl sites for hydroxylation is 1. The van der Waals surface area contributed by atoms with Crippen molar-refractivity contribution in [2.75, 3.05) is 6.54 Å². The summed E-state index contributed by atoms with van der Waals surface area (Å²) in [4.78, 5) is 14.7. The van der Waals surface area contributed by atoms with Crippen LogP contribution in [0, 0.1) is 6.92 Å². The fraction of sp³-hybridized carbons (Fsp3) is 0.429. The highest BCUT2D eigenvalue weighted by Gasteiger charge is 2.19. The Hall–Kier alpha value is -0.940. The smallest absolute Gasteiger partial charge is 0.254 e. The van der Waals surface area contributed by atoms with Crippen molar-refractivity contribution in [3.8, 4) is 0 Å². The third kappa shape index (κ3) is 4.58. The molecule has 0 radical (unpaired) electrons. The van der Waals surface area contributed by atoms with Crippen molar-refractivity contribution < 1.29 is 4.79 Å². The summed E-state index contributed by atoms with van der Waals surface area (Å²) in [6.07, 6.45) is 0.548. The number of rotatable bonds is 5. The molecule has 0 unspecified atom stereocenters. The minimum Gasteiger partial charge on any atom is -0.393 e. The minimum absolute atomic E-state index is 0.00644. The molecule has 0 aliphatic carbocycles. The van der Waals surface area contributed by atoms with Crippen molar-refractivity contribution >= 4 is 39.0 Å². The van der Waals surface area contributed by atoms with Gasteiger partial charge >= 0.3 is 0 Å². The van der Waals surface area contributed by atoms with Gasteiger partial charge in [0.15, 0.2) is 0 Å².